The molecule has 2 N–H and O–H groups in total. The molecular formula is C13H11NO3S. The van der Waals surface area contributed by atoms with Crippen LogP contribution in [0, 0.1) is 6.92 Å². The van der Waals surface area contributed by atoms with Crippen molar-refractivity contribution in [2.24, 2.45) is 0 Å². The van der Waals surface area contributed by atoms with Crippen molar-refractivity contribution in [3.8, 4) is 5.75 Å². The van der Waals surface area contributed by atoms with Gasteiger partial charge in [0.15, 0.2) is 5.75 Å². The molecule has 0 fully saturated rings. The fourth-order valence-electron chi connectivity index (χ4n) is 1.46. The average molecular weight is 261 g/mol. The van der Waals surface area contributed by atoms with Crippen molar-refractivity contribution in [3.63, 3.8) is 0 Å². The first-order valence-electron chi connectivity index (χ1n) is 5.24. The molecule has 4 nitrogen and oxygen atoms in total. The molecule has 2 rings (SSSR count). The van der Waals surface area contributed by atoms with Gasteiger partial charge in [0.25, 0.3) is 0 Å². The van der Waals surface area contributed by atoms with E-state index in [1.165, 1.54) is 17.8 Å². The number of rotatable bonds is 3. The quantitative estimate of drug-likeness (QED) is 0.888. The molecular weight excluding hydrogens is 250 g/mol. The summed E-state index contributed by atoms with van der Waals surface area (Å²) in [5, 5.41) is 19.1. The normalized spacial score (nSPS) is 10.3. The third kappa shape index (κ3) is 2.62. The van der Waals surface area contributed by atoms with E-state index in [4.69, 9.17) is 5.11 Å². The van der Waals surface area contributed by atoms with Gasteiger partial charge in [0.1, 0.15) is 10.6 Å². The summed E-state index contributed by atoms with van der Waals surface area (Å²) in [6, 6.07) is 10.9. The third-order valence-corrected chi connectivity index (χ3v) is 3.27. The van der Waals surface area contributed by atoms with Gasteiger partial charge in [-0.15, -0.1) is 0 Å². The lowest BCUT2D eigenvalue weighted by Gasteiger charge is -2.06. The van der Waals surface area contributed by atoms with E-state index in [9.17, 15) is 9.90 Å². The van der Waals surface area contributed by atoms with E-state index in [1.807, 2.05) is 30.3 Å². The second kappa shape index (κ2) is 5.10. The van der Waals surface area contributed by atoms with Crippen LogP contribution in [0.1, 0.15) is 16.1 Å². The zero-order valence-electron chi connectivity index (χ0n) is 9.62. The number of benzene rings is 1. The molecule has 0 atom stereocenters. The lowest BCUT2D eigenvalue weighted by molar-refractivity contribution is 0.0693. The second-order valence-electron chi connectivity index (χ2n) is 3.66. The first-order valence-corrected chi connectivity index (χ1v) is 6.06. The van der Waals surface area contributed by atoms with Crippen LogP contribution < -0.4 is 0 Å². The van der Waals surface area contributed by atoms with Crippen LogP contribution in [0.2, 0.25) is 0 Å². The molecule has 18 heavy (non-hydrogen) atoms. The lowest BCUT2D eigenvalue weighted by atomic mass is 10.2. The molecule has 92 valence electrons. The number of aromatic hydroxyl groups is 1. The van der Waals surface area contributed by atoms with Crippen LogP contribution in [-0.4, -0.2) is 21.2 Å². The SMILES string of the molecule is Cc1nc(Sc2ccccc2)cc(C(=O)O)c1O. The molecule has 0 saturated carbocycles. The molecule has 0 saturated heterocycles. The third-order valence-electron chi connectivity index (χ3n) is 2.34. The lowest BCUT2D eigenvalue weighted by Crippen LogP contribution is -2.00. The summed E-state index contributed by atoms with van der Waals surface area (Å²) in [5.74, 6) is -1.44. The molecule has 5 heteroatoms. The Hall–Kier alpha value is -2.01. The zero-order chi connectivity index (χ0) is 13.1. The number of aromatic nitrogens is 1. The Kier molecular flexibility index (Phi) is 3.53. The number of carboxylic acids is 1. The monoisotopic (exact) mass is 261 g/mol. The maximum Gasteiger partial charge on any atom is 0.339 e. The highest BCUT2D eigenvalue weighted by molar-refractivity contribution is 7.99. The summed E-state index contributed by atoms with van der Waals surface area (Å²) in [4.78, 5) is 16.1. The number of hydrogen-bond donors (Lipinski definition) is 2. The van der Waals surface area contributed by atoms with Crippen LogP contribution in [0.3, 0.4) is 0 Å². The van der Waals surface area contributed by atoms with E-state index in [1.54, 1.807) is 6.92 Å². The first kappa shape index (κ1) is 12.4. The molecule has 0 radical (unpaired) electrons. The van der Waals surface area contributed by atoms with Crippen LogP contribution >= 0.6 is 11.8 Å². The van der Waals surface area contributed by atoms with E-state index in [-0.39, 0.29) is 11.3 Å². The standard InChI is InChI=1S/C13H11NO3S/c1-8-12(15)10(13(16)17)7-11(14-8)18-9-5-3-2-4-6-9/h2-7,15H,1H3,(H,16,17). The Labute approximate surface area is 108 Å². The Morgan fingerprint density at radius 3 is 2.56 bits per heavy atom. The predicted molar refractivity (Wildman–Crippen MR) is 68.2 cm³/mol. The second-order valence-corrected chi connectivity index (χ2v) is 4.76. The van der Waals surface area contributed by atoms with Crippen molar-refractivity contribution >= 4 is 17.7 Å². The van der Waals surface area contributed by atoms with Gasteiger partial charge in [-0.3, -0.25) is 0 Å². The largest absolute Gasteiger partial charge is 0.505 e. The Morgan fingerprint density at radius 2 is 1.94 bits per heavy atom. The van der Waals surface area contributed by atoms with Gasteiger partial charge in [0.2, 0.25) is 0 Å². The number of aryl methyl sites for hydroxylation is 1. The van der Waals surface area contributed by atoms with Gasteiger partial charge in [0.05, 0.1) is 5.69 Å². The molecule has 0 aliphatic rings. The number of aromatic carboxylic acids is 1. The molecule has 1 aromatic carbocycles. The van der Waals surface area contributed by atoms with Crippen molar-refractivity contribution in [2.75, 3.05) is 0 Å². The zero-order valence-corrected chi connectivity index (χ0v) is 10.4. The minimum atomic E-state index is -1.16. The van der Waals surface area contributed by atoms with Gasteiger partial charge in [-0.1, -0.05) is 30.0 Å². The number of carbonyl (C=O) groups is 1. The highest BCUT2D eigenvalue weighted by atomic mass is 32.2. The molecule has 2 aromatic rings. The van der Waals surface area contributed by atoms with Crippen LogP contribution in [0.15, 0.2) is 46.3 Å². The van der Waals surface area contributed by atoms with Crippen molar-refractivity contribution in [3.05, 3.63) is 47.7 Å². The number of carboxylic acid groups (broad SMARTS) is 1. The summed E-state index contributed by atoms with van der Waals surface area (Å²) in [6.07, 6.45) is 0. The Balaban J connectivity index is 2.38. The summed E-state index contributed by atoms with van der Waals surface area (Å²) >= 11 is 1.36. The van der Waals surface area contributed by atoms with Crippen LogP contribution in [0.4, 0.5) is 0 Å². The predicted octanol–water partition coefficient (Wildman–Crippen LogP) is 2.95. The molecule has 0 spiro atoms. The smallest absolute Gasteiger partial charge is 0.339 e. The van der Waals surface area contributed by atoms with Gasteiger partial charge in [-0.05, 0) is 25.1 Å². The maximum absolute atomic E-state index is 11.0. The van der Waals surface area contributed by atoms with Crippen LogP contribution in [-0.2, 0) is 0 Å². The first-order chi connectivity index (χ1) is 8.58. The molecule has 0 aliphatic carbocycles. The van der Waals surface area contributed by atoms with E-state index in [0.29, 0.717) is 10.7 Å². The molecule has 0 amide bonds. The van der Waals surface area contributed by atoms with E-state index in [2.05, 4.69) is 4.98 Å². The van der Waals surface area contributed by atoms with Gasteiger partial charge in [0, 0.05) is 4.90 Å². The molecule has 0 bridgehead atoms. The molecule has 1 aromatic heterocycles. The Morgan fingerprint density at radius 1 is 1.28 bits per heavy atom. The molecule has 0 aliphatic heterocycles. The van der Waals surface area contributed by atoms with Crippen molar-refractivity contribution < 1.29 is 15.0 Å². The van der Waals surface area contributed by atoms with Crippen molar-refractivity contribution in [1.82, 2.24) is 4.98 Å². The van der Waals surface area contributed by atoms with Gasteiger partial charge < -0.3 is 10.2 Å². The topological polar surface area (TPSA) is 70.4 Å². The van der Waals surface area contributed by atoms with E-state index < -0.39 is 5.97 Å². The van der Waals surface area contributed by atoms with E-state index in [0.717, 1.165) is 4.90 Å². The van der Waals surface area contributed by atoms with Crippen LogP contribution in [0.5, 0.6) is 5.75 Å². The minimum Gasteiger partial charge on any atom is -0.505 e. The molecule has 1 heterocycles. The van der Waals surface area contributed by atoms with Gasteiger partial charge in [-0.25, -0.2) is 9.78 Å². The Bertz CT molecular complexity index is 584. The summed E-state index contributed by atoms with van der Waals surface area (Å²) in [7, 11) is 0. The summed E-state index contributed by atoms with van der Waals surface area (Å²) in [5.41, 5.74) is 0.189. The fraction of sp³-hybridized carbons (Fsp3) is 0.0769. The minimum absolute atomic E-state index is 0.124. The fourth-order valence-corrected chi connectivity index (χ4v) is 2.36. The number of nitrogens with zero attached hydrogens (tertiary/aromatic N) is 1. The highest BCUT2D eigenvalue weighted by Gasteiger charge is 2.15. The van der Waals surface area contributed by atoms with E-state index >= 15 is 0 Å². The van der Waals surface area contributed by atoms with Crippen LogP contribution in [0.25, 0.3) is 0 Å². The summed E-state index contributed by atoms with van der Waals surface area (Å²) in [6.45, 7) is 1.58. The number of hydrogen-bond acceptors (Lipinski definition) is 4. The van der Waals surface area contributed by atoms with Crippen molar-refractivity contribution in [2.45, 2.75) is 16.8 Å². The van der Waals surface area contributed by atoms with Gasteiger partial charge in [-0.2, -0.15) is 0 Å². The number of pyridine rings is 1. The van der Waals surface area contributed by atoms with Crippen molar-refractivity contribution in [1.29, 1.82) is 0 Å². The highest BCUT2D eigenvalue weighted by Crippen LogP contribution is 2.30. The maximum atomic E-state index is 11.0. The average Bonchev–Trinajstić information content (AvgIpc) is 2.34. The molecule has 0 unspecified atom stereocenters. The van der Waals surface area contributed by atoms with Gasteiger partial charge >= 0.3 is 5.97 Å². The summed E-state index contributed by atoms with van der Waals surface area (Å²) < 4.78 is 0.